The van der Waals surface area contributed by atoms with Gasteiger partial charge in [-0.3, -0.25) is 8.63 Å². The lowest BCUT2D eigenvalue weighted by Gasteiger charge is -2.24. The quantitative estimate of drug-likeness (QED) is 0.135. The summed E-state index contributed by atoms with van der Waals surface area (Å²) in [6.45, 7) is 32.9. The second kappa shape index (κ2) is 21.6. The molecule has 4 heterocycles. The van der Waals surface area contributed by atoms with E-state index in [9.17, 15) is 0 Å². The van der Waals surface area contributed by atoms with E-state index in [4.69, 9.17) is 13.8 Å². The molecule has 7 heteroatoms. The highest BCUT2D eigenvalue weighted by Gasteiger charge is 2.41. The Morgan fingerprint density at radius 2 is 0.820 bits per heavy atom. The van der Waals surface area contributed by atoms with E-state index < -0.39 is 7.40 Å². The lowest BCUT2D eigenvalue weighted by molar-refractivity contribution is 0.590. The van der Waals surface area contributed by atoms with Crippen molar-refractivity contribution in [1.82, 2.24) is 4.48 Å². The summed E-state index contributed by atoms with van der Waals surface area (Å²) in [7, 11) is -3.07. The fourth-order valence-electron chi connectivity index (χ4n) is 13.6. The molecule has 0 fully saturated rings. The third-order valence-corrected chi connectivity index (χ3v) is 18.2. The fourth-order valence-corrected chi connectivity index (χ4v) is 13.6. The van der Waals surface area contributed by atoms with Crippen molar-refractivity contribution in [1.29, 1.82) is 0 Å². The number of aromatic nitrogens is 1. The highest BCUT2D eigenvalue weighted by molar-refractivity contribution is 6.45. The molecule has 0 aliphatic carbocycles. The van der Waals surface area contributed by atoms with E-state index in [2.05, 4.69) is 243 Å². The first kappa shape index (κ1) is 58.9. The summed E-state index contributed by atoms with van der Waals surface area (Å²) < 4.78 is 52.1. The maximum atomic E-state index is 18.3. The minimum atomic E-state index is -3.07. The van der Waals surface area contributed by atoms with Crippen LogP contribution in [0.1, 0.15) is 150 Å². The van der Waals surface area contributed by atoms with Crippen LogP contribution >= 0.6 is 0 Å². The fraction of sp³-hybridized carbons (Fsp3) is 0.232. The number of rotatable bonds is 9. The molecule has 1 aliphatic heterocycles. The maximum Gasteiger partial charge on any atom is 0.678 e. The van der Waals surface area contributed by atoms with Crippen LogP contribution in [0.4, 0.5) is 8.63 Å². The number of hydrogen-bond acceptors (Lipinski definition) is 3. The molecule has 0 bridgehead atoms. The lowest BCUT2D eigenvalue weighted by Crippen LogP contribution is -2.19. The molecule has 0 saturated heterocycles. The Hall–Kier alpha value is -9.07. The Balaban J connectivity index is 1.31. The van der Waals surface area contributed by atoms with Crippen molar-refractivity contribution in [3.8, 4) is 33.5 Å². The van der Waals surface area contributed by atoms with Crippen molar-refractivity contribution in [2.24, 2.45) is 4.99 Å². The number of aliphatic imine (C=N–C) groups is 1. The highest BCUT2D eigenvalue weighted by Crippen LogP contribution is 2.56. The van der Waals surface area contributed by atoms with Gasteiger partial charge >= 0.3 is 7.40 Å². The second-order valence-corrected chi connectivity index (χ2v) is 28.7. The van der Waals surface area contributed by atoms with Crippen LogP contribution < -0.4 is 0 Å². The first-order valence-electron chi connectivity index (χ1n) is 31.2. The topological polar surface area (TPSA) is 43.6 Å². The summed E-state index contributed by atoms with van der Waals surface area (Å²) in [4.78, 5) is 6.14. The van der Waals surface area contributed by atoms with Crippen LogP contribution in [0.15, 0.2) is 214 Å². The number of benzene rings is 9. The summed E-state index contributed by atoms with van der Waals surface area (Å²) >= 11 is 0. The van der Waals surface area contributed by atoms with Gasteiger partial charge in [-0.05, 0) is 110 Å². The molecule has 13 rings (SSSR count). The van der Waals surface area contributed by atoms with Gasteiger partial charge in [0.25, 0.3) is 0 Å². The van der Waals surface area contributed by atoms with E-state index in [-0.39, 0.29) is 21.7 Å². The van der Waals surface area contributed by atoms with E-state index in [1.807, 2.05) is 54.6 Å². The SMILES string of the molecule is Cc1cc(C)c(/C(=C2/N=C(c3ccc(C(C)(C)C)cc3)C(c3cccc4c3oc3ccccc34)=C2c2ccc(C(C)(C)C)cc2)c2c(-c3ccc(C(C)(C)C)cc3)c(-c3cccc4c3oc3ccccc34)c(-c3ccc(C(C)(C)C)cc3)n2B(F)F)c(C)c1. The molecule has 0 amide bonds. The average molecular weight is 1170 g/mol. The molecule has 1 aliphatic rings. The Labute approximate surface area is 523 Å². The van der Waals surface area contributed by atoms with Crippen LogP contribution in [0.25, 0.3) is 94.1 Å². The minimum Gasteiger partial charge on any atom is -0.455 e. The van der Waals surface area contributed by atoms with E-state index in [1.54, 1.807) is 0 Å². The molecular weight excluding hydrogens is 1090 g/mol. The van der Waals surface area contributed by atoms with E-state index in [0.717, 1.165) is 105 Å². The van der Waals surface area contributed by atoms with Crippen molar-refractivity contribution < 1.29 is 17.5 Å². The number of hydrogen-bond donors (Lipinski definition) is 0. The summed E-state index contributed by atoms with van der Waals surface area (Å²) in [5, 5.41) is 3.81. The van der Waals surface area contributed by atoms with Crippen molar-refractivity contribution in [3.63, 3.8) is 0 Å². The Morgan fingerprint density at radius 1 is 0.416 bits per heavy atom. The molecule has 0 radical (unpaired) electrons. The average Bonchev–Trinajstić information content (AvgIpc) is 1.56. The van der Waals surface area contributed by atoms with E-state index in [1.165, 1.54) is 10.0 Å². The number of halogens is 2. The highest BCUT2D eigenvalue weighted by atomic mass is 19.2. The maximum absolute atomic E-state index is 18.3. The molecule has 89 heavy (non-hydrogen) atoms. The van der Waals surface area contributed by atoms with Crippen molar-refractivity contribution >= 4 is 73.7 Å². The van der Waals surface area contributed by atoms with Crippen molar-refractivity contribution in [3.05, 3.63) is 267 Å². The zero-order valence-corrected chi connectivity index (χ0v) is 54.0. The van der Waals surface area contributed by atoms with Gasteiger partial charge in [0.15, 0.2) is 0 Å². The van der Waals surface area contributed by atoms with Gasteiger partial charge in [0.2, 0.25) is 0 Å². The number of para-hydroxylation sites is 4. The van der Waals surface area contributed by atoms with Crippen molar-refractivity contribution in [2.75, 3.05) is 0 Å². The largest absolute Gasteiger partial charge is 0.678 e. The van der Waals surface area contributed by atoms with Gasteiger partial charge in [-0.15, -0.1) is 0 Å². The molecule has 0 unspecified atom stereocenters. The predicted octanol–water partition coefficient (Wildman–Crippen LogP) is 23.0. The van der Waals surface area contributed by atoms with Gasteiger partial charge in [-0.25, -0.2) is 4.99 Å². The molecule has 3 aromatic heterocycles. The van der Waals surface area contributed by atoms with Gasteiger partial charge in [0.05, 0.1) is 17.1 Å². The Kier molecular flexibility index (Phi) is 14.3. The standard InChI is InChI=1S/C82H77BF2N2O2/c1-48-46-49(2)67(50(3)47-48)72(74-68(51-30-38-55(39-31-51)79(4,5)6)70(73(86-74)53-34-42-57(43-35-53)81(10,11)12)63-26-20-24-61-59-22-16-18-28-65(59)88-77(61)63)76-69(52-32-40-56(41-33-52)80(7,8)9)71(64-27-21-25-62-60-23-17-19-29-66(60)89-78(62)64)75(87(76)83(84)85)54-36-44-58(45-37-54)82(13,14)15/h16-47H,1-15H3/b74-72-. The third kappa shape index (κ3) is 10.3. The van der Waals surface area contributed by atoms with Crippen molar-refractivity contribution in [2.45, 2.75) is 126 Å². The lowest BCUT2D eigenvalue weighted by atomic mass is 9.81. The molecule has 12 aromatic rings. The molecule has 444 valence electrons. The summed E-state index contributed by atoms with van der Waals surface area (Å²) in [6, 6.07) is 67.6. The number of fused-ring (bicyclic) bond motifs is 6. The zero-order valence-electron chi connectivity index (χ0n) is 54.0. The predicted molar refractivity (Wildman–Crippen MR) is 373 cm³/mol. The monoisotopic (exact) mass is 1170 g/mol. The smallest absolute Gasteiger partial charge is 0.455 e. The second-order valence-electron chi connectivity index (χ2n) is 28.7. The van der Waals surface area contributed by atoms with Crippen LogP contribution in [0, 0.1) is 20.8 Å². The minimum absolute atomic E-state index is 0.134. The first-order chi connectivity index (χ1) is 42.3. The molecule has 4 nitrogen and oxygen atoms in total. The molecule has 0 N–H and O–H groups in total. The normalized spacial score (nSPS) is 14.1. The van der Waals surface area contributed by atoms with Gasteiger partial charge in [-0.1, -0.05) is 271 Å². The first-order valence-corrected chi connectivity index (χ1v) is 31.2. The zero-order chi connectivity index (χ0) is 62.8. The van der Waals surface area contributed by atoms with E-state index >= 15 is 8.63 Å². The number of nitrogens with zero attached hydrogens (tertiary/aromatic N) is 2. The summed E-state index contributed by atoms with van der Waals surface area (Å²) in [5.41, 5.74) is 20.6. The van der Waals surface area contributed by atoms with Crippen LogP contribution in [0.3, 0.4) is 0 Å². The van der Waals surface area contributed by atoms with Gasteiger partial charge in [-0.2, -0.15) is 0 Å². The molecule has 0 spiro atoms. The molecule has 9 aromatic carbocycles. The number of allylic oxidation sites excluding steroid dienone is 2. The number of furan rings is 2. The van der Waals surface area contributed by atoms with Gasteiger partial charge < -0.3 is 13.3 Å². The summed E-state index contributed by atoms with van der Waals surface area (Å²) in [6.07, 6.45) is 0. The summed E-state index contributed by atoms with van der Waals surface area (Å²) in [5.74, 6) is 0. The Bertz CT molecular complexity index is 4860. The van der Waals surface area contributed by atoms with Crippen LogP contribution in [-0.2, 0) is 21.7 Å². The third-order valence-electron chi connectivity index (χ3n) is 18.2. The molecule has 0 atom stereocenters. The Morgan fingerprint density at radius 3 is 1.28 bits per heavy atom. The van der Waals surface area contributed by atoms with E-state index in [0.29, 0.717) is 61.8 Å². The van der Waals surface area contributed by atoms with Crippen LogP contribution in [0.5, 0.6) is 0 Å². The number of aryl methyl sites for hydroxylation is 3. The van der Waals surface area contributed by atoms with Gasteiger partial charge in [0.1, 0.15) is 22.3 Å². The van der Waals surface area contributed by atoms with Crippen LogP contribution in [0.2, 0.25) is 0 Å². The van der Waals surface area contributed by atoms with Gasteiger partial charge in [0, 0.05) is 71.8 Å². The molecule has 0 saturated carbocycles. The molecular formula is C82H77BF2N2O2. The van der Waals surface area contributed by atoms with Crippen LogP contribution in [-0.4, -0.2) is 17.6 Å².